The summed E-state index contributed by atoms with van der Waals surface area (Å²) < 4.78 is 0. The molecule has 0 unspecified atom stereocenters. The van der Waals surface area contributed by atoms with Crippen molar-refractivity contribution in [3.05, 3.63) is 6.42 Å². The molecule has 0 saturated heterocycles. The molecule has 0 aromatic carbocycles. The average Bonchev–Trinajstić information content (AvgIpc) is 1.41. The van der Waals surface area contributed by atoms with E-state index in [1.807, 2.05) is 5.92 Å². The van der Waals surface area contributed by atoms with E-state index in [2.05, 4.69) is 11.8 Å². The second kappa shape index (κ2) is 16.2. The van der Waals surface area contributed by atoms with Gasteiger partial charge in [0.1, 0.15) is 0 Å². The van der Waals surface area contributed by atoms with Gasteiger partial charge in [0.05, 0.1) is 0 Å². The Morgan fingerprint density at radius 2 is 1.86 bits per heavy atom. The number of rotatable bonds is 0. The van der Waals surface area contributed by atoms with Gasteiger partial charge >= 0.3 is 23.1 Å². The molecule has 0 aliphatic carbocycles. The summed E-state index contributed by atoms with van der Waals surface area (Å²) in [4.78, 5) is 0. The van der Waals surface area contributed by atoms with Crippen molar-refractivity contribution >= 4 is 23.1 Å². The van der Waals surface area contributed by atoms with Crippen LogP contribution >= 0.6 is 0 Å². The Balaban J connectivity index is -0.0000000800. The standard InChI is InChI=1S/C5H3.BrH.Mg/c1-3-5-4-2;;/h1H3;1H;/q-1;;+2/p-1. The summed E-state index contributed by atoms with van der Waals surface area (Å²) in [6, 6.07) is 0. The van der Waals surface area contributed by atoms with E-state index >= 15 is 0 Å². The van der Waals surface area contributed by atoms with Crippen molar-refractivity contribution in [3.63, 3.8) is 0 Å². The van der Waals surface area contributed by atoms with Crippen LogP contribution in [-0.4, -0.2) is 23.1 Å². The molecule has 0 heterocycles. The summed E-state index contributed by atoms with van der Waals surface area (Å²) in [5.41, 5.74) is 0. The van der Waals surface area contributed by atoms with E-state index < -0.39 is 0 Å². The van der Waals surface area contributed by atoms with Gasteiger partial charge in [-0.05, 0) is 6.92 Å². The van der Waals surface area contributed by atoms with Crippen LogP contribution < -0.4 is 17.0 Å². The molecule has 0 fully saturated rings. The Kier molecular flexibility index (Phi) is 36.2. The Labute approximate surface area is 71.0 Å². The van der Waals surface area contributed by atoms with Crippen LogP contribution in [0, 0.1) is 24.2 Å². The molecule has 0 aliphatic rings. The Bertz CT molecular complexity index is 101. The van der Waals surface area contributed by atoms with E-state index in [0.717, 1.165) is 0 Å². The first kappa shape index (κ1) is 15.7. The van der Waals surface area contributed by atoms with Crippen LogP contribution in [0.1, 0.15) is 6.92 Å². The molecule has 2 heteroatoms. The van der Waals surface area contributed by atoms with Crippen LogP contribution in [0.25, 0.3) is 0 Å². The smallest absolute Gasteiger partial charge is 1.00 e. The minimum atomic E-state index is 0. The summed E-state index contributed by atoms with van der Waals surface area (Å²) in [5.74, 6) is 6.65. The maximum absolute atomic E-state index is 6.18. The zero-order valence-electron chi connectivity index (χ0n) is 4.09. The quantitative estimate of drug-likeness (QED) is 0.208. The molecule has 0 radical (unpaired) electrons. The SMILES string of the molecule is [Br-].[C-]#CC#CC.[Mg+2]. The first-order valence-electron chi connectivity index (χ1n) is 1.25. The molecule has 0 bridgehead atoms. The van der Waals surface area contributed by atoms with Crippen LogP contribution in [0.5, 0.6) is 0 Å². The minimum Gasteiger partial charge on any atom is -1.00 e. The summed E-state index contributed by atoms with van der Waals surface area (Å²) >= 11 is 0. The van der Waals surface area contributed by atoms with Gasteiger partial charge < -0.3 is 23.4 Å². The van der Waals surface area contributed by atoms with Crippen LogP contribution in [0.2, 0.25) is 0 Å². The fourth-order valence-corrected chi connectivity index (χ4v) is 0.0625. The van der Waals surface area contributed by atoms with Crippen molar-refractivity contribution in [2.24, 2.45) is 0 Å². The molecular formula is C5H3BrMg. The summed E-state index contributed by atoms with van der Waals surface area (Å²) in [7, 11) is 0. The molecular weight excluding hydrogens is 164 g/mol. The Morgan fingerprint density at radius 3 is 1.86 bits per heavy atom. The summed E-state index contributed by atoms with van der Waals surface area (Å²) in [6.07, 6.45) is 6.18. The van der Waals surface area contributed by atoms with E-state index in [0.29, 0.717) is 0 Å². The predicted molar refractivity (Wildman–Crippen MR) is 26.3 cm³/mol. The molecule has 0 saturated carbocycles. The van der Waals surface area contributed by atoms with E-state index in [4.69, 9.17) is 6.42 Å². The molecule has 0 rings (SSSR count). The topological polar surface area (TPSA) is 0 Å². The third kappa shape index (κ3) is 21.7. The molecule has 0 aromatic rings. The molecule has 0 nitrogen and oxygen atoms in total. The second-order valence-electron chi connectivity index (χ2n) is 0.500. The van der Waals surface area contributed by atoms with Gasteiger partial charge in [-0.15, -0.1) is 0 Å². The van der Waals surface area contributed by atoms with Gasteiger partial charge in [0.15, 0.2) is 0 Å². The average molecular weight is 167 g/mol. The van der Waals surface area contributed by atoms with Crippen LogP contribution in [0.15, 0.2) is 0 Å². The van der Waals surface area contributed by atoms with Gasteiger partial charge in [-0.25, -0.2) is 5.92 Å². The van der Waals surface area contributed by atoms with Crippen molar-refractivity contribution in [2.75, 3.05) is 0 Å². The molecule has 7 heavy (non-hydrogen) atoms. The Hall–Kier alpha value is 0.366. The minimum absolute atomic E-state index is 0. The van der Waals surface area contributed by atoms with Crippen molar-refractivity contribution in [1.82, 2.24) is 0 Å². The van der Waals surface area contributed by atoms with E-state index in [-0.39, 0.29) is 40.0 Å². The second-order valence-corrected chi connectivity index (χ2v) is 0.500. The van der Waals surface area contributed by atoms with Crippen molar-refractivity contribution in [1.29, 1.82) is 0 Å². The van der Waals surface area contributed by atoms with Gasteiger partial charge in [-0.3, -0.25) is 11.8 Å². The Morgan fingerprint density at radius 1 is 1.43 bits per heavy atom. The fourth-order valence-electron chi connectivity index (χ4n) is 0.0625. The molecule has 0 N–H and O–H groups in total. The van der Waals surface area contributed by atoms with Crippen molar-refractivity contribution in [3.8, 4) is 17.8 Å². The largest absolute Gasteiger partial charge is 2.00 e. The number of hydrogen-bond acceptors (Lipinski definition) is 0. The third-order valence-electron chi connectivity index (χ3n) is 0.188. The van der Waals surface area contributed by atoms with Crippen molar-refractivity contribution < 1.29 is 17.0 Å². The van der Waals surface area contributed by atoms with Crippen molar-refractivity contribution in [2.45, 2.75) is 6.92 Å². The molecule has 0 amide bonds. The predicted octanol–water partition coefficient (Wildman–Crippen LogP) is -2.78. The number of hydrogen-bond donors (Lipinski definition) is 0. The van der Waals surface area contributed by atoms with Crippen LogP contribution in [0.3, 0.4) is 0 Å². The molecule has 0 atom stereocenters. The zero-order chi connectivity index (χ0) is 4.12. The first-order chi connectivity index (χ1) is 2.41. The van der Waals surface area contributed by atoms with E-state index in [1.54, 1.807) is 6.92 Å². The third-order valence-corrected chi connectivity index (χ3v) is 0.188. The van der Waals surface area contributed by atoms with Crippen LogP contribution in [0.4, 0.5) is 0 Å². The molecule has 32 valence electrons. The number of halogens is 1. The fraction of sp³-hybridized carbons (Fsp3) is 0.200. The maximum atomic E-state index is 6.18. The van der Waals surface area contributed by atoms with Gasteiger partial charge in [-0.1, -0.05) is 0 Å². The molecule has 0 aromatic heterocycles. The van der Waals surface area contributed by atoms with E-state index in [9.17, 15) is 0 Å². The summed E-state index contributed by atoms with van der Waals surface area (Å²) in [5, 5.41) is 0. The molecule has 0 aliphatic heterocycles. The molecule has 0 spiro atoms. The van der Waals surface area contributed by atoms with Gasteiger partial charge in [0, 0.05) is 0 Å². The van der Waals surface area contributed by atoms with Gasteiger partial charge in [-0.2, -0.15) is 0 Å². The van der Waals surface area contributed by atoms with Gasteiger partial charge in [0.25, 0.3) is 0 Å². The summed E-state index contributed by atoms with van der Waals surface area (Å²) in [6.45, 7) is 1.67. The monoisotopic (exact) mass is 166 g/mol. The maximum Gasteiger partial charge on any atom is 2.00 e. The zero-order valence-corrected chi connectivity index (χ0v) is 7.09. The van der Waals surface area contributed by atoms with Crippen LogP contribution in [-0.2, 0) is 0 Å². The first-order valence-corrected chi connectivity index (χ1v) is 1.25. The van der Waals surface area contributed by atoms with Gasteiger partial charge in [0.2, 0.25) is 0 Å². The normalized spacial score (nSPS) is 2.29. The van der Waals surface area contributed by atoms with E-state index in [1.165, 1.54) is 0 Å².